The second kappa shape index (κ2) is 5.92. The number of rotatable bonds is 3. The number of piperazine rings is 1. The molecule has 2 saturated heterocycles. The Hall–Kier alpha value is 0.0469. The molecule has 2 rings (SSSR count). The Morgan fingerprint density at radius 2 is 2.00 bits per heavy atom. The van der Waals surface area contributed by atoms with Gasteiger partial charge in [0.25, 0.3) is 0 Å². The first-order valence-corrected chi connectivity index (χ1v) is 12.5. The van der Waals surface area contributed by atoms with Crippen LogP contribution >= 0.6 is 0 Å². The third-order valence-electron chi connectivity index (χ3n) is 5.20. The summed E-state index contributed by atoms with van der Waals surface area (Å²) >= 11 is 0. The van der Waals surface area contributed by atoms with E-state index in [4.69, 9.17) is 4.43 Å². The van der Waals surface area contributed by atoms with Gasteiger partial charge in [0.15, 0.2) is 18.2 Å². The molecule has 0 spiro atoms. The molecule has 5 nitrogen and oxygen atoms in total. The van der Waals surface area contributed by atoms with Crippen molar-refractivity contribution in [2.45, 2.75) is 51.0 Å². The van der Waals surface area contributed by atoms with E-state index in [2.05, 4.69) is 44.1 Å². The third-order valence-corrected chi connectivity index (χ3v) is 11.4. The minimum Gasteiger partial charge on any atom is -0.415 e. The van der Waals surface area contributed by atoms with E-state index in [0.29, 0.717) is 24.1 Å². The van der Waals surface area contributed by atoms with Crippen molar-refractivity contribution in [2.75, 3.05) is 37.7 Å². The monoisotopic (exact) mass is 334 g/mol. The lowest BCUT2D eigenvalue weighted by Crippen LogP contribution is -2.63. The van der Waals surface area contributed by atoms with E-state index in [1.807, 2.05) is 0 Å². The zero-order chi connectivity index (χ0) is 15.9. The van der Waals surface area contributed by atoms with Crippen molar-refractivity contribution < 1.29 is 12.8 Å². The van der Waals surface area contributed by atoms with Gasteiger partial charge < -0.3 is 9.74 Å². The Labute approximate surface area is 130 Å². The molecule has 2 heterocycles. The van der Waals surface area contributed by atoms with E-state index >= 15 is 0 Å². The number of sulfone groups is 1. The van der Waals surface area contributed by atoms with E-state index in [0.717, 1.165) is 19.7 Å². The van der Waals surface area contributed by atoms with Crippen molar-refractivity contribution in [2.24, 2.45) is 0 Å². The average molecular weight is 335 g/mol. The molecule has 0 amide bonds. The van der Waals surface area contributed by atoms with Crippen LogP contribution in [0.15, 0.2) is 0 Å². The van der Waals surface area contributed by atoms with Crippen LogP contribution in [-0.4, -0.2) is 71.5 Å². The first-order chi connectivity index (χ1) is 9.50. The summed E-state index contributed by atoms with van der Waals surface area (Å²) < 4.78 is 29.6. The summed E-state index contributed by atoms with van der Waals surface area (Å²) in [6.45, 7) is 14.3. The van der Waals surface area contributed by atoms with Gasteiger partial charge in [0.1, 0.15) is 0 Å². The second-order valence-electron chi connectivity index (χ2n) is 7.94. The van der Waals surface area contributed by atoms with Gasteiger partial charge in [-0.25, -0.2) is 8.42 Å². The molecule has 2 aliphatic heterocycles. The van der Waals surface area contributed by atoms with Gasteiger partial charge in [-0.1, -0.05) is 20.8 Å². The van der Waals surface area contributed by atoms with Gasteiger partial charge in [-0.2, -0.15) is 0 Å². The SMILES string of the molecule is CC(C)(C)[Si](C)(C)OC[C@@H]1CN2CCS(=O)(=O)CC2CN1. The highest BCUT2D eigenvalue weighted by atomic mass is 32.2. The first kappa shape index (κ1) is 17.4. The summed E-state index contributed by atoms with van der Waals surface area (Å²) in [6.07, 6.45) is 0. The van der Waals surface area contributed by atoms with E-state index < -0.39 is 18.2 Å². The normalized spacial score (nSPS) is 30.9. The summed E-state index contributed by atoms with van der Waals surface area (Å²) in [5.74, 6) is 0.606. The van der Waals surface area contributed by atoms with Crippen LogP contribution in [0, 0.1) is 0 Å². The van der Waals surface area contributed by atoms with E-state index in [9.17, 15) is 8.42 Å². The fraction of sp³-hybridized carbons (Fsp3) is 1.00. The van der Waals surface area contributed by atoms with Gasteiger partial charge in [-0.3, -0.25) is 4.90 Å². The minimum atomic E-state index is -2.83. The molecule has 2 fully saturated rings. The topological polar surface area (TPSA) is 58.6 Å². The zero-order valence-electron chi connectivity index (χ0n) is 14.0. The van der Waals surface area contributed by atoms with Crippen LogP contribution in [0.25, 0.3) is 0 Å². The molecule has 1 N–H and O–H groups in total. The first-order valence-electron chi connectivity index (χ1n) is 7.82. The number of nitrogens with one attached hydrogen (secondary N) is 1. The molecule has 124 valence electrons. The number of nitrogens with zero attached hydrogens (tertiary/aromatic N) is 1. The summed E-state index contributed by atoms with van der Waals surface area (Å²) in [4.78, 5) is 2.32. The predicted molar refractivity (Wildman–Crippen MR) is 89.0 cm³/mol. The lowest BCUT2D eigenvalue weighted by molar-refractivity contribution is 0.114. The maximum absolute atomic E-state index is 11.7. The zero-order valence-corrected chi connectivity index (χ0v) is 15.8. The highest BCUT2D eigenvalue weighted by Crippen LogP contribution is 2.36. The molecule has 2 aliphatic rings. The van der Waals surface area contributed by atoms with E-state index in [1.54, 1.807) is 0 Å². The van der Waals surface area contributed by atoms with Crippen molar-refractivity contribution >= 4 is 18.2 Å². The molecular weight excluding hydrogens is 304 g/mol. The Bertz CT molecular complexity index is 473. The average Bonchev–Trinajstić information content (AvgIpc) is 2.34. The quantitative estimate of drug-likeness (QED) is 0.783. The summed E-state index contributed by atoms with van der Waals surface area (Å²) in [6, 6.07) is 0.462. The summed E-state index contributed by atoms with van der Waals surface area (Å²) in [5, 5.41) is 3.70. The minimum absolute atomic E-state index is 0.146. The Balaban J connectivity index is 1.86. The number of hydrogen-bond acceptors (Lipinski definition) is 5. The second-order valence-corrected chi connectivity index (χ2v) is 15.0. The van der Waals surface area contributed by atoms with Crippen LogP contribution in [0.4, 0.5) is 0 Å². The maximum atomic E-state index is 11.7. The van der Waals surface area contributed by atoms with E-state index in [1.165, 1.54) is 0 Å². The van der Waals surface area contributed by atoms with Crippen LogP contribution in [0.1, 0.15) is 20.8 Å². The molecule has 21 heavy (non-hydrogen) atoms. The summed E-state index contributed by atoms with van der Waals surface area (Å²) in [7, 11) is -4.54. The molecular formula is C14H30N2O3SSi. The molecule has 2 atom stereocenters. The third kappa shape index (κ3) is 4.28. The van der Waals surface area contributed by atoms with Crippen molar-refractivity contribution in [1.29, 1.82) is 0 Å². The molecule has 0 bridgehead atoms. The van der Waals surface area contributed by atoms with Gasteiger partial charge in [0.05, 0.1) is 18.1 Å². The highest BCUT2D eigenvalue weighted by Gasteiger charge is 2.39. The fourth-order valence-electron chi connectivity index (χ4n) is 2.64. The van der Waals surface area contributed by atoms with Gasteiger partial charge in [-0.05, 0) is 18.1 Å². The molecule has 1 unspecified atom stereocenters. The molecule has 0 aromatic heterocycles. The molecule has 0 aliphatic carbocycles. The van der Waals surface area contributed by atoms with Gasteiger partial charge in [0.2, 0.25) is 0 Å². The van der Waals surface area contributed by atoms with Gasteiger partial charge in [-0.15, -0.1) is 0 Å². The lowest BCUT2D eigenvalue weighted by atomic mass is 10.1. The van der Waals surface area contributed by atoms with Crippen LogP contribution in [0.5, 0.6) is 0 Å². The van der Waals surface area contributed by atoms with Crippen molar-refractivity contribution in [3.8, 4) is 0 Å². The van der Waals surface area contributed by atoms with Gasteiger partial charge in [0, 0.05) is 31.7 Å². The number of fused-ring (bicyclic) bond motifs is 1. The predicted octanol–water partition coefficient (Wildman–Crippen LogP) is 1.08. The van der Waals surface area contributed by atoms with Crippen LogP contribution < -0.4 is 5.32 Å². The highest BCUT2D eigenvalue weighted by molar-refractivity contribution is 7.91. The smallest absolute Gasteiger partial charge is 0.192 e. The molecule has 0 radical (unpaired) electrons. The van der Waals surface area contributed by atoms with Crippen LogP contribution in [0.2, 0.25) is 18.1 Å². The molecule has 7 heteroatoms. The molecule has 0 saturated carbocycles. The van der Waals surface area contributed by atoms with Crippen molar-refractivity contribution in [1.82, 2.24) is 10.2 Å². The standard InChI is InChI=1S/C14H30N2O3SSi/c1-14(2,3)21(4,5)19-10-12-9-16-6-7-20(17,18)11-13(16)8-15-12/h12-13,15H,6-11H2,1-5H3/t12-,13?/m0/s1. The fourth-order valence-corrected chi connectivity index (χ4v) is 5.28. The largest absolute Gasteiger partial charge is 0.415 e. The summed E-state index contributed by atoms with van der Waals surface area (Å²) in [5.41, 5.74) is 0. The lowest BCUT2D eigenvalue weighted by Gasteiger charge is -2.44. The van der Waals surface area contributed by atoms with Gasteiger partial charge >= 0.3 is 0 Å². The maximum Gasteiger partial charge on any atom is 0.192 e. The molecule has 0 aromatic carbocycles. The van der Waals surface area contributed by atoms with Crippen molar-refractivity contribution in [3.63, 3.8) is 0 Å². The Kier molecular flexibility index (Phi) is 4.91. The number of hydrogen-bond donors (Lipinski definition) is 1. The van der Waals surface area contributed by atoms with Crippen molar-refractivity contribution in [3.05, 3.63) is 0 Å². The van der Waals surface area contributed by atoms with Crippen LogP contribution in [0.3, 0.4) is 0 Å². The van der Waals surface area contributed by atoms with Crippen LogP contribution in [-0.2, 0) is 14.3 Å². The molecule has 0 aromatic rings. The Morgan fingerprint density at radius 1 is 1.33 bits per heavy atom. The Morgan fingerprint density at radius 3 is 2.62 bits per heavy atom. The van der Waals surface area contributed by atoms with E-state index in [-0.39, 0.29) is 11.1 Å².